The van der Waals surface area contributed by atoms with E-state index in [2.05, 4.69) is 9.72 Å². The monoisotopic (exact) mass is 236 g/mol. The molecule has 0 saturated heterocycles. The summed E-state index contributed by atoms with van der Waals surface area (Å²) in [4.78, 5) is 15.4. The Hall–Kier alpha value is -1.81. The summed E-state index contributed by atoms with van der Waals surface area (Å²) < 4.78 is 6.24. The zero-order chi connectivity index (χ0) is 11.5. The van der Waals surface area contributed by atoms with Crippen LogP contribution < -0.4 is 0 Å². The van der Waals surface area contributed by atoms with Crippen molar-refractivity contribution in [3.63, 3.8) is 0 Å². The summed E-state index contributed by atoms with van der Waals surface area (Å²) in [5.74, 6) is -0.508. The SMILES string of the molecule is COC(=O)c1c(Cl)ncn1-c1ccccc1. The van der Waals surface area contributed by atoms with Crippen LogP contribution in [0.15, 0.2) is 36.7 Å². The molecule has 0 N–H and O–H groups in total. The molecule has 0 bridgehead atoms. The lowest BCUT2D eigenvalue weighted by Gasteiger charge is -2.06. The summed E-state index contributed by atoms with van der Waals surface area (Å²) in [6, 6.07) is 9.32. The maximum atomic E-state index is 11.5. The van der Waals surface area contributed by atoms with Gasteiger partial charge in [-0.2, -0.15) is 0 Å². The van der Waals surface area contributed by atoms with Gasteiger partial charge in [-0.15, -0.1) is 0 Å². The first-order valence-electron chi connectivity index (χ1n) is 4.60. The molecule has 0 atom stereocenters. The summed E-state index contributed by atoms with van der Waals surface area (Å²) in [5.41, 5.74) is 1.04. The quantitative estimate of drug-likeness (QED) is 0.752. The molecule has 0 radical (unpaired) electrons. The molecular formula is C11H9ClN2O2. The third kappa shape index (κ3) is 1.79. The molecular weight excluding hydrogens is 228 g/mol. The van der Waals surface area contributed by atoms with Gasteiger partial charge in [-0.3, -0.25) is 4.57 Å². The fourth-order valence-electron chi connectivity index (χ4n) is 1.39. The number of halogens is 1. The molecule has 0 amide bonds. The lowest BCUT2D eigenvalue weighted by molar-refractivity contribution is 0.0592. The van der Waals surface area contributed by atoms with Gasteiger partial charge in [0.25, 0.3) is 0 Å². The van der Waals surface area contributed by atoms with Gasteiger partial charge in [-0.25, -0.2) is 9.78 Å². The largest absolute Gasteiger partial charge is 0.464 e. The number of imidazole rings is 1. The third-order valence-corrected chi connectivity index (χ3v) is 2.41. The maximum absolute atomic E-state index is 11.5. The Labute approximate surface area is 97.4 Å². The smallest absolute Gasteiger partial charge is 0.358 e. The van der Waals surface area contributed by atoms with Crippen LogP contribution in [0.5, 0.6) is 0 Å². The number of hydrogen-bond acceptors (Lipinski definition) is 3. The van der Waals surface area contributed by atoms with E-state index in [4.69, 9.17) is 11.6 Å². The summed E-state index contributed by atoms with van der Waals surface area (Å²) in [5, 5.41) is 0.135. The molecule has 1 aromatic heterocycles. The summed E-state index contributed by atoms with van der Waals surface area (Å²) in [6.07, 6.45) is 1.49. The van der Waals surface area contributed by atoms with Crippen LogP contribution in [0.4, 0.5) is 0 Å². The van der Waals surface area contributed by atoms with Crippen molar-refractivity contribution in [1.29, 1.82) is 0 Å². The number of nitrogens with zero attached hydrogens (tertiary/aromatic N) is 2. The predicted molar refractivity (Wildman–Crippen MR) is 59.9 cm³/mol. The number of carbonyl (C=O) groups is 1. The standard InChI is InChI=1S/C11H9ClN2O2/c1-16-11(15)9-10(12)13-7-14(9)8-5-3-2-4-6-8/h2-7H,1H3. The molecule has 1 heterocycles. The first kappa shape index (κ1) is 10.7. The van der Waals surface area contributed by atoms with Crippen LogP contribution in [0, 0.1) is 0 Å². The highest BCUT2D eigenvalue weighted by atomic mass is 35.5. The van der Waals surface area contributed by atoms with Crippen molar-refractivity contribution in [2.75, 3.05) is 7.11 Å². The average Bonchev–Trinajstić information content (AvgIpc) is 2.71. The summed E-state index contributed by atoms with van der Waals surface area (Å²) in [6.45, 7) is 0. The molecule has 0 fully saturated rings. The van der Waals surface area contributed by atoms with Crippen LogP contribution in [0.3, 0.4) is 0 Å². The minimum absolute atomic E-state index is 0.135. The lowest BCUT2D eigenvalue weighted by Crippen LogP contribution is -2.09. The van der Waals surface area contributed by atoms with Gasteiger partial charge in [0.1, 0.15) is 6.33 Å². The van der Waals surface area contributed by atoms with E-state index in [9.17, 15) is 4.79 Å². The van der Waals surface area contributed by atoms with Crippen LogP contribution in [0.25, 0.3) is 5.69 Å². The van der Waals surface area contributed by atoms with E-state index in [0.717, 1.165) is 5.69 Å². The van der Waals surface area contributed by atoms with Crippen molar-refractivity contribution in [3.05, 3.63) is 47.5 Å². The number of hydrogen-bond donors (Lipinski definition) is 0. The highest BCUT2D eigenvalue weighted by Gasteiger charge is 2.18. The first-order chi connectivity index (χ1) is 7.74. The molecule has 0 aliphatic heterocycles. The van der Waals surface area contributed by atoms with E-state index in [1.165, 1.54) is 13.4 Å². The number of methoxy groups -OCH3 is 1. The van der Waals surface area contributed by atoms with Crippen molar-refractivity contribution >= 4 is 17.6 Å². The predicted octanol–water partition coefficient (Wildman–Crippen LogP) is 2.31. The number of esters is 1. The van der Waals surface area contributed by atoms with Crippen molar-refractivity contribution in [1.82, 2.24) is 9.55 Å². The Morgan fingerprint density at radius 1 is 1.38 bits per heavy atom. The number of benzene rings is 1. The molecule has 2 rings (SSSR count). The van der Waals surface area contributed by atoms with Gasteiger partial charge in [0.2, 0.25) is 0 Å². The van der Waals surface area contributed by atoms with Crippen molar-refractivity contribution < 1.29 is 9.53 Å². The Morgan fingerprint density at radius 2 is 2.06 bits per heavy atom. The Bertz CT molecular complexity index is 508. The second-order valence-corrected chi connectivity index (χ2v) is 3.44. The van der Waals surface area contributed by atoms with E-state index in [1.54, 1.807) is 4.57 Å². The lowest BCUT2D eigenvalue weighted by atomic mass is 10.3. The molecule has 0 unspecified atom stereocenters. The molecule has 0 aliphatic carbocycles. The van der Waals surface area contributed by atoms with Crippen LogP contribution in [-0.4, -0.2) is 22.6 Å². The normalized spacial score (nSPS) is 10.1. The van der Waals surface area contributed by atoms with Gasteiger partial charge in [-0.1, -0.05) is 29.8 Å². The summed E-state index contributed by atoms with van der Waals surface area (Å²) in [7, 11) is 1.31. The van der Waals surface area contributed by atoms with E-state index in [-0.39, 0.29) is 10.8 Å². The zero-order valence-corrected chi connectivity index (χ0v) is 9.31. The molecule has 0 saturated carbocycles. The fourth-order valence-corrected chi connectivity index (χ4v) is 1.60. The highest BCUT2D eigenvalue weighted by molar-refractivity contribution is 6.32. The Morgan fingerprint density at radius 3 is 2.69 bits per heavy atom. The number of aromatic nitrogens is 2. The minimum atomic E-state index is -0.508. The Balaban J connectivity index is 2.55. The van der Waals surface area contributed by atoms with E-state index >= 15 is 0 Å². The number of para-hydroxylation sites is 1. The van der Waals surface area contributed by atoms with Crippen LogP contribution in [-0.2, 0) is 4.74 Å². The average molecular weight is 237 g/mol. The topological polar surface area (TPSA) is 44.1 Å². The van der Waals surface area contributed by atoms with Crippen molar-refractivity contribution in [3.8, 4) is 5.69 Å². The van der Waals surface area contributed by atoms with Crippen LogP contribution >= 0.6 is 11.6 Å². The zero-order valence-electron chi connectivity index (χ0n) is 8.55. The van der Waals surface area contributed by atoms with Gasteiger partial charge in [0.15, 0.2) is 10.8 Å². The second kappa shape index (κ2) is 4.37. The maximum Gasteiger partial charge on any atom is 0.358 e. The van der Waals surface area contributed by atoms with Gasteiger partial charge in [-0.05, 0) is 12.1 Å². The molecule has 2 aromatic rings. The van der Waals surface area contributed by atoms with Crippen LogP contribution in [0.1, 0.15) is 10.5 Å². The molecule has 82 valence electrons. The van der Waals surface area contributed by atoms with Gasteiger partial charge in [0.05, 0.1) is 7.11 Å². The fraction of sp³-hybridized carbons (Fsp3) is 0.0909. The van der Waals surface area contributed by atoms with Crippen LogP contribution in [0.2, 0.25) is 5.15 Å². The molecule has 0 spiro atoms. The first-order valence-corrected chi connectivity index (χ1v) is 4.98. The molecule has 1 aromatic carbocycles. The molecule has 5 heteroatoms. The Kier molecular flexibility index (Phi) is 2.92. The molecule has 4 nitrogen and oxygen atoms in total. The summed E-state index contributed by atoms with van der Waals surface area (Å²) >= 11 is 5.84. The molecule has 0 aliphatic rings. The number of carbonyl (C=O) groups excluding carboxylic acids is 1. The minimum Gasteiger partial charge on any atom is -0.464 e. The van der Waals surface area contributed by atoms with Gasteiger partial charge >= 0.3 is 5.97 Å². The third-order valence-electron chi connectivity index (χ3n) is 2.14. The van der Waals surface area contributed by atoms with Crippen molar-refractivity contribution in [2.45, 2.75) is 0 Å². The van der Waals surface area contributed by atoms with E-state index in [0.29, 0.717) is 0 Å². The van der Waals surface area contributed by atoms with Gasteiger partial charge in [0, 0.05) is 5.69 Å². The van der Waals surface area contributed by atoms with Gasteiger partial charge < -0.3 is 4.74 Å². The van der Waals surface area contributed by atoms with Crippen molar-refractivity contribution in [2.24, 2.45) is 0 Å². The highest BCUT2D eigenvalue weighted by Crippen LogP contribution is 2.19. The van der Waals surface area contributed by atoms with E-state index in [1.807, 2.05) is 30.3 Å². The number of ether oxygens (including phenoxy) is 1. The molecule has 16 heavy (non-hydrogen) atoms. The van der Waals surface area contributed by atoms with E-state index < -0.39 is 5.97 Å². The second-order valence-electron chi connectivity index (χ2n) is 3.08. The number of rotatable bonds is 2.